The first-order chi connectivity index (χ1) is 10.5. The highest BCUT2D eigenvalue weighted by Crippen LogP contribution is 2.34. The van der Waals surface area contributed by atoms with Gasteiger partial charge < -0.3 is 10.1 Å². The van der Waals surface area contributed by atoms with Gasteiger partial charge in [0.05, 0.1) is 4.92 Å². The zero-order valence-electron chi connectivity index (χ0n) is 12.4. The molecule has 1 N–H and O–H groups in total. The Morgan fingerprint density at radius 3 is 2.77 bits per heavy atom. The van der Waals surface area contributed by atoms with E-state index in [0.717, 1.165) is 11.1 Å². The molecular weight excluding hydrogens is 284 g/mol. The van der Waals surface area contributed by atoms with Crippen molar-refractivity contribution in [3.63, 3.8) is 0 Å². The van der Waals surface area contributed by atoms with E-state index >= 15 is 0 Å². The van der Waals surface area contributed by atoms with Crippen molar-refractivity contribution in [2.75, 3.05) is 11.9 Å². The average Bonchev–Trinajstić information content (AvgIpc) is 2.48. The molecule has 114 valence electrons. The predicted octanol–water partition coefficient (Wildman–Crippen LogP) is 3.39. The van der Waals surface area contributed by atoms with Crippen LogP contribution in [0.4, 0.5) is 11.5 Å². The van der Waals surface area contributed by atoms with Gasteiger partial charge in [0.1, 0.15) is 12.1 Å². The molecule has 0 bridgehead atoms. The molecule has 0 aliphatic carbocycles. The molecule has 0 atom stereocenters. The smallest absolute Gasteiger partial charge is 0.373 e. The molecule has 7 nitrogen and oxygen atoms in total. The molecule has 0 saturated heterocycles. The summed E-state index contributed by atoms with van der Waals surface area (Å²) in [6.45, 7) is 7.81. The second-order valence-electron chi connectivity index (χ2n) is 4.65. The maximum atomic E-state index is 11.3. The van der Waals surface area contributed by atoms with E-state index in [4.69, 9.17) is 4.74 Å². The predicted molar refractivity (Wildman–Crippen MR) is 83.4 cm³/mol. The lowest BCUT2D eigenvalue weighted by molar-refractivity contribution is -0.385. The molecule has 2 aromatic rings. The van der Waals surface area contributed by atoms with Crippen molar-refractivity contribution in [1.82, 2.24) is 9.97 Å². The topological polar surface area (TPSA) is 90.2 Å². The van der Waals surface area contributed by atoms with E-state index in [2.05, 4.69) is 21.9 Å². The van der Waals surface area contributed by atoms with Gasteiger partial charge in [-0.15, -0.1) is 6.58 Å². The van der Waals surface area contributed by atoms with Crippen LogP contribution in [0.5, 0.6) is 11.6 Å². The normalized spacial score (nSPS) is 10.1. The number of aryl methyl sites for hydroxylation is 2. The quantitative estimate of drug-likeness (QED) is 0.499. The van der Waals surface area contributed by atoms with Gasteiger partial charge in [-0.05, 0) is 37.1 Å². The first-order valence-electron chi connectivity index (χ1n) is 6.62. The highest BCUT2D eigenvalue weighted by Gasteiger charge is 2.24. The molecular formula is C15H16N4O3. The third kappa shape index (κ3) is 3.38. The maximum Gasteiger partial charge on any atom is 0.373 e. The second-order valence-corrected chi connectivity index (χ2v) is 4.65. The molecule has 0 spiro atoms. The minimum absolute atomic E-state index is 0.0960. The molecule has 2 rings (SSSR count). The van der Waals surface area contributed by atoms with Crippen LogP contribution in [0.15, 0.2) is 37.2 Å². The third-order valence-corrected chi connectivity index (χ3v) is 3.08. The summed E-state index contributed by atoms with van der Waals surface area (Å²) in [5, 5.41) is 14.1. The van der Waals surface area contributed by atoms with Crippen LogP contribution in [0.1, 0.15) is 11.1 Å². The summed E-state index contributed by atoms with van der Waals surface area (Å²) in [5.41, 5.74) is 1.83. The second kappa shape index (κ2) is 6.66. The lowest BCUT2D eigenvalue weighted by atomic mass is 10.1. The standard InChI is InChI=1S/C15H16N4O3/c1-4-7-16-14-13(19(20)21)15(18-9-17-14)22-12-6-5-10(2)11(3)8-12/h4-6,8-9H,1,7H2,2-3H3,(H,16,17,18). The fourth-order valence-corrected chi connectivity index (χ4v) is 1.79. The van der Waals surface area contributed by atoms with E-state index in [1.165, 1.54) is 6.33 Å². The van der Waals surface area contributed by atoms with Crippen molar-refractivity contribution in [3.05, 3.63) is 58.4 Å². The monoisotopic (exact) mass is 300 g/mol. The van der Waals surface area contributed by atoms with Crippen LogP contribution in [-0.2, 0) is 0 Å². The van der Waals surface area contributed by atoms with Crippen molar-refractivity contribution in [1.29, 1.82) is 0 Å². The first kappa shape index (κ1) is 15.4. The Balaban J connectivity index is 2.39. The zero-order valence-corrected chi connectivity index (χ0v) is 12.4. The SMILES string of the molecule is C=CCNc1ncnc(Oc2ccc(C)c(C)c2)c1[N+](=O)[O-]. The number of hydrogen-bond acceptors (Lipinski definition) is 6. The van der Waals surface area contributed by atoms with Crippen molar-refractivity contribution in [2.45, 2.75) is 13.8 Å². The Kier molecular flexibility index (Phi) is 4.67. The van der Waals surface area contributed by atoms with Crippen LogP contribution in [0.2, 0.25) is 0 Å². The van der Waals surface area contributed by atoms with E-state index in [0.29, 0.717) is 12.3 Å². The molecule has 7 heteroatoms. The number of aromatic nitrogens is 2. The van der Waals surface area contributed by atoms with Gasteiger partial charge in [0.25, 0.3) is 0 Å². The van der Waals surface area contributed by atoms with Crippen molar-refractivity contribution < 1.29 is 9.66 Å². The number of nitrogens with zero attached hydrogens (tertiary/aromatic N) is 3. The van der Waals surface area contributed by atoms with Crippen molar-refractivity contribution in [2.24, 2.45) is 0 Å². The van der Waals surface area contributed by atoms with E-state index in [1.807, 2.05) is 19.9 Å². The molecule has 0 aliphatic rings. The van der Waals surface area contributed by atoms with Crippen molar-refractivity contribution in [3.8, 4) is 11.6 Å². The molecule has 22 heavy (non-hydrogen) atoms. The van der Waals surface area contributed by atoms with Crippen LogP contribution < -0.4 is 10.1 Å². The third-order valence-electron chi connectivity index (χ3n) is 3.08. The van der Waals surface area contributed by atoms with Crippen LogP contribution in [0, 0.1) is 24.0 Å². The Labute approximate surface area is 127 Å². The number of hydrogen-bond donors (Lipinski definition) is 1. The van der Waals surface area contributed by atoms with Gasteiger partial charge in [0, 0.05) is 6.54 Å². The summed E-state index contributed by atoms with van der Waals surface area (Å²) in [5.74, 6) is 0.480. The van der Waals surface area contributed by atoms with E-state index < -0.39 is 4.92 Å². The summed E-state index contributed by atoms with van der Waals surface area (Å²) < 4.78 is 5.57. The minimum atomic E-state index is -0.568. The molecule has 0 unspecified atom stereocenters. The molecule has 1 heterocycles. The molecule has 1 aromatic heterocycles. The highest BCUT2D eigenvalue weighted by atomic mass is 16.6. The lowest BCUT2D eigenvalue weighted by Gasteiger charge is -2.09. The number of nitrogens with one attached hydrogen (secondary N) is 1. The maximum absolute atomic E-state index is 11.3. The zero-order chi connectivity index (χ0) is 16.1. The van der Waals surface area contributed by atoms with Gasteiger partial charge in [0.2, 0.25) is 5.82 Å². The number of rotatable bonds is 6. The van der Waals surface area contributed by atoms with Gasteiger partial charge in [-0.2, -0.15) is 4.98 Å². The van der Waals surface area contributed by atoms with Gasteiger partial charge >= 0.3 is 11.6 Å². The van der Waals surface area contributed by atoms with E-state index in [1.54, 1.807) is 18.2 Å². The molecule has 0 radical (unpaired) electrons. The summed E-state index contributed by atoms with van der Waals surface area (Å²) in [6.07, 6.45) is 2.80. The van der Waals surface area contributed by atoms with Crippen molar-refractivity contribution >= 4 is 11.5 Å². The number of nitro groups is 1. The summed E-state index contributed by atoms with van der Waals surface area (Å²) >= 11 is 0. The van der Waals surface area contributed by atoms with Crippen LogP contribution in [-0.4, -0.2) is 21.4 Å². The van der Waals surface area contributed by atoms with Gasteiger partial charge in [-0.3, -0.25) is 10.1 Å². The average molecular weight is 300 g/mol. The fourth-order valence-electron chi connectivity index (χ4n) is 1.79. The summed E-state index contributed by atoms with van der Waals surface area (Å²) in [6, 6.07) is 5.43. The van der Waals surface area contributed by atoms with Gasteiger partial charge in [0.15, 0.2) is 0 Å². The summed E-state index contributed by atoms with van der Waals surface area (Å²) in [7, 11) is 0. The first-order valence-corrected chi connectivity index (χ1v) is 6.62. The molecule has 1 aromatic carbocycles. The largest absolute Gasteiger partial charge is 0.434 e. The number of ether oxygens (including phenoxy) is 1. The number of anilines is 1. The van der Waals surface area contributed by atoms with E-state index in [9.17, 15) is 10.1 Å². The molecule has 0 amide bonds. The van der Waals surface area contributed by atoms with Gasteiger partial charge in [-0.25, -0.2) is 4.98 Å². The fraction of sp³-hybridized carbons (Fsp3) is 0.200. The summed E-state index contributed by atoms with van der Waals surface area (Å²) in [4.78, 5) is 18.5. The van der Waals surface area contributed by atoms with Crippen LogP contribution in [0.3, 0.4) is 0 Å². The molecule has 0 saturated carbocycles. The molecule has 0 aliphatic heterocycles. The lowest BCUT2D eigenvalue weighted by Crippen LogP contribution is -2.06. The Bertz CT molecular complexity index is 716. The highest BCUT2D eigenvalue weighted by molar-refractivity contribution is 5.62. The van der Waals surface area contributed by atoms with Crippen LogP contribution >= 0.6 is 0 Å². The Hall–Kier alpha value is -2.96. The van der Waals surface area contributed by atoms with Crippen LogP contribution in [0.25, 0.3) is 0 Å². The number of benzene rings is 1. The molecule has 0 fully saturated rings. The van der Waals surface area contributed by atoms with E-state index in [-0.39, 0.29) is 17.4 Å². The Morgan fingerprint density at radius 1 is 1.36 bits per heavy atom. The van der Waals surface area contributed by atoms with Gasteiger partial charge in [-0.1, -0.05) is 12.1 Å². The Morgan fingerprint density at radius 2 is 2.14 bits per heavy atom. The minimum Gasteiger partial charge on any atom is -0.434 e.